The summed E-state index contributed by atoms with van der Waals surface area (Å²) < 4.78 is 7.06. The molecule has 0 radical (unpaired) electrons. The Morgan fingerprint density at radius 2 is 1.51 bits per heavy atom. The average molecular weight is 923 g/mol. The zero-order valence-corrected chi connectivity index (χ0v) is 39.7. The van der Waals surface area contributed by atoms with Crippen LogP contribution in [0.3, 0.4) is 0 Å². The molecule has 4 saturated heterocycles. The van der Waals surface area contributed by atoms with E-state index >= 15 is 0 Å². The van der Waals surface area contributed by atoms with Crippen LogP contribution < -0.4 is 20.9 Å². The van der Waals surface area contributed by atoms with Crippen LogP contribution in [0.15, 0.2) is 36.7 Å². The summed E-state index contributed by atoms with van der Waals surface area (Å²) in [6, 6.07) is 8.85. The van der Waals surface area contributed by atoms with Gasteiger partial charge in [-0.1, -0.05) is 12.1 Å². The number of imide groups is 1. The fraction of sp³-hybridized carbons (Fsp3) is 0.633. The third kappa shape index (κ3) is 12.5. The number of esters is 1. The van der Waals surface area contributed by atoms with Crippen molar-refractivity contribution < 1.29 is 28.7 Å². The van der Waals surface area contributed by atoms with Gasteiger partial charge in [-0.3, -0.25) is 39.0 Å². The Kier molecular flexibility index (Phi) is 16.0. The zero-order valence-electron chi connectivity index (χ0n) is 39.7. The summed E-state index contributed by atoms with van der Waals surface area (Å²) in [6.07, 6.45) is 13.3. The number of likely N-dealkylation sites (tertiary alicyclic amines) is 1. The van der Waals surface area contributed by atoms with E-state index in [4.69, 9.17) is 9.72 Å². The lowest BCUT2D eigenvalue weighted by Gasteiger charge is -2.42. The number of hydrogen-bond donors (Lipinski definition) is 3. The molecule has 362 valence electrons. The molecule has 8 rings (SSSR count). The Balaban J connectivity index is 0.685. The van der Waals surface area contributed by atoms with E-state index in [9.17, 15) is 24.0 Å². The van der Waals surface area contributed by atoms with E-state index in [0.29, 0.717) is 60.9 Å². The molecule has 3 aromatic rings. The summed E-state index contributed by atoms with van der Waals surface area (Å²) in [5.74, 6) is 0.602. The summed E-state index contributed by atoms with van der Waals surface area (Å²) >= 11 is 0. The maximum atomic E-state index is 13.3. The fourth-order valence-electron chi connectivity index (χ4n) is 10.7. The number of piperazine rings is 2. The predicted octanol–water partition coefficient (Wildman–Crippen LogP) is 4.45. The molecule has 5 fully saturated rings. The molecule has 1 saturated carbocycles. The van der Waals surface area contributed by atoms with Crippen molar-refractivity contribution in [2.24, 2.45) is 13.0 Å². The molecule has 1 aromatic carbocycles. The second kappa shape index (κ2) is 22.5. The highest BCUT2D eigenvalue weighted by Gasteiger charge is 2.32. The normalized spacial score (nSPS) is 22.4. The van der Waals surface area contributed by atoms with Gasteiger partial charge in [0.15, 0.2) is 0 Å². The van der Waals surface area contributed by atoms with Gasteiger partial charge in [0.2, 0.25) is 29.6 Å². The largest absolute Gasteiger partial charge is 0.462 e. The molecular weight excluding hydrogens is 853 g/mol. The molecule has 4 aliphatic heterocycles. The Bertz CT molecular complexity index is 2190. The van der Waals surface area contributed by atoms with Gasteiger partial charge in [-0.2, -0.15) is 10.1 Å². The van der Waals surface area contributed by atoms with Crippen LogP contribution in [-0.4, -0.2) is 160 Å². The molecule has 67 heavy (non-hydrogen) atoms. The molecule has 5 aliphatic rings. The van der Waals surface area contributed by atoms with Crippen molar-refractivity contribution in [2.75, 3.05) is 94.1 Å². The van der Waals surface area contributed by atoms with Crippen molar-refractivity contribution >= 4 is 52.7 Å². The summed E-state index contributed by atoms with van der Waals surface area (Å²) in [4.78, 5) is 84.0. The third-order valence-corrected chi connectivity index (χ3v) is 14.6. The first kappa shape index (κ1) is 47.9. The van der Waals surface area contributed by atoms with Crippen LogP contribution in [0.1, 0.15) is 112 Å². The molecule has 18 heteroatoms. The van der Waals surface area contributed by atoms with Crippen LogP contribution in [0.4, 0.5) is 23.1 Å². The number of carbonyl (C=O) groups is 5. The van der Waals surface area contributed by atoms with Gasteiger partial charge in [0, 0.05) is 116 Å². The monoisotopic (exact) mass is 923 g/mol. The van der Waals surface area contributed by atoms with E-state index in [1.54, 1.807) is 24.7 Å². The van der Waals surface area contributed by atoms with Crippen molar-refractivity contribution in [2.45, 2.75) is 109 Å². The van der Waals surface area contributed by atoms with Gasteiger partial charge < -0.3 is 30.1 Å². The van der Waals surface area contributed by atoms with Crippen molar-refractivity contribution in [1.82, 2.24) is 44.7 Å². The molecule has 1 aliphatic carbocycles. The summed E-state index contributed by atoms with van der Waals surface area (Å²) in [5.41, 5.74) is 3.79. The van der Waals surface area contributed by atoms with Gasteiger partial charge in [0.25, 0.3) is 0 Å². The first-order chi connectivity index (χ1) is 32.5. The van der Waals surface area contributed by atoms with Gasteiger partial charge in [-0.25, -0.2) is 9.78 Å². The molecule has 0 bridgehead atoms. The molecule has 6 heterocycles. The second-order valence-corrected chi connectivity index (χ2v) is 19.1. The zero-order chi connectivity index (χ0) is 46.9. The lowest BCUT2D eigenvalue weighted by Crippen LogP contribution is -2.53. The number of anilines is 4. The van der Waals surface area contributed by atoms with Gasteiger partial charge in [0.1, 0.15) is 11.4 Å². The number of aromatic nitrogens is 4. The van der Waals surface area contributed by atoms with E-state index in [2.05, 4.69) is 52.9 Å². The Hall–Kier alpha value is -5.62. The number of hydrogen-bond acceptors (Lipinski definition) is 14. The van der Waals surface area contributed by atoms with E-state index in [-0.39, 0.29) is 55.0 Å². The van der Waals surface area contributed by atoms with Gasteiger partial charge in [-0.15, -0.1) is 0 Å². The summed E-state index contributed by atoms with van der Waals surface area (Å²) in [5, 5.41) is 13.4. The minimum Gasteiger partial charge on any atom is -0.462 e. The first-order valence-corrected chi connectivity index (χ1v) is 24.8. The molecule has 1 atom stereocenters. The van der Waals surface area contributed by atoms with Crippen LogP contribution in [0, 0.1) is 12.8 Å². The molecular formula is C49H70N12O6. The minimum absolute atomic E-state index is 0.0780. The highest BCUT2D eigenvalue weighted by Crippen LogP contribution is 2.31. The van der Waals surface area contributed by atoms with Crippen LogP contribution in [0.25, 0.3) is 0 Å². The highest BCUT2D eigenvalue weighted by atomic mass is 16.5. The standard InChI is InChI=1S/C49H70N12O6/c1-4-67-48(66)45-34(2)51-49(53-38-32-50-56(3)33-38)55-46(45)52-37-9-13-40(14-10-37)59-28-30-61(31-29-59)44(64)18-17-43(63)60-22-19-35(20-23-60)6-5-21-57-24-26-58(27-25-57)39-11-7-36(8-12-39)41-15-16-42(62)54-47(41)65/h7-8,11-12,32-33,35,37,40-41H,4-6,9-10,13-31H2,1-3H3,(H,54,62,65)(H2,51,52,53,55). The number of amides is 4. The fourth-order valence-corrected chi connectivity index (χ4v) is 10.7. The van der Waals surface area contributed by atoms with Crippen molar-refractivity contribution in [3.05, 3.63) is 53.5 Å². The number of benzene rings is 1. The Morgan fingerprint density at radius 3 is 2.15 bits per heavy atom. The van der Waals surface area contributed by atoms with E-state index in [1.165, 1.54) is 12.1 Å². The van der Waals surface area contributed by atoms with Crippen LogP contribution in [-0.2, 0) is 31.0 Å². The molecule has 0 spiro atoms. The number of ether oxygens (including phenoxy) is 1. The number of carbonyl (C=O) groups excluding carboxylic acids is 5. The maximum Gasteiger partial charge on any atom is 0.343 e. The Labute approximate surface area is 394 Å². The summed E-state index contributed by atoms with van der Waals surface area (Å²) in [6.45, 7) is 13.5. The molecule has 3 N–H and O–H groups in total. The summed E-state index contributed by atoms with van der Waals surface area (Å²) in [7, 11) is 1.84. The van der Waals surface area contributed by atoms with Crippen molar-refractivity contribution in [3.63, 3.8) is 0 Å². The Morgan fingerprint density at radius 1 is 0.821 bits per heavy atom. The number of nitrogens with one attached hydrogen (secondary N) is 3. The van der Waals surface area contributed by atoms with Crippen molar-refractivity contribution in [3.8, 4) is 0 Å². The molecule has 4 amide bonds. The second-order valence-electron chi connectivity index (χ2n) is 19.1. The van der Waals surface area contributed by atoms with Crippen LogP contribution in [0.2, 0.25) is 0 Å². The van der Waals surface area contributed by atoms with Crippen molar-refractivity contribution in [1.29, 1.82) is 0 Å². The molecule has 2 aromatic heterocycles. The number of nitrogens with zero attached hydrogens (tertiary/aromatic N) is 9. The SMILES string of the molecule is CCOC(=O)c1c(C)nc(Nc2cnn(C)c2)nc1NC1CCC(N2CCN(C(=O)CCC(=O)N3CCC(CCCN4CCN(c5ccc(C6CCC(=O)NC6=O)cc5)CC4)CC3)CC2)CC1. The van der Waals surface area contributed by atoms with Crippen LogP contribution >= 0.6 is 0 Å². The third-order valence-electron chi connectivity index (χ3n) is 14.6. The van der Waals surface area contributed by atoms with Gasteiger partial charge in [-0.05, 0) is 102 Å². The minimum atomic E-state index is -0.442. The smallest absolute Gasteiger partial charge is 0.343 e. The number of piperidine rings is 2. The topological polar surface area (TPSA) is 190 Å². The maximum absolute atomic E-state index is 13.3. The quantitative estimate of drug-likeness (QED) is 0.135. The van der Waals surface area contributed by atoms with Crippen LogP contribution in [0.5, 0.6) is 0 Å². The highest BCUT2D eigenvalue weighted by molar-refractivity contribution is 6.01. The molecule has 18 nitrogen and oxygen atoms in total. The lowest BCUT2D eigenvalue weighted by molar-refractivity contribution is -0.139. The molecule has 1 unspecified atom stereocenters. The first-order valence-electron chi connectivity index (χ1n) is 24.8. The van der Waals surface area contributed by atoms with E-state index in [0.717, 1.165) is 115 Å². The van der Waals surface area contributed by atoms with Gasteiger partial charge >= 0.3 is 5.97 Å². The average Bonchev–Trinajstić information content (AvgIpc) is 3.75. The number of aryl methyl sites for hydroxylation is 2. The number of rotatable bonds is 16. The van der Waals surface area contributed by atoms with E-state index in [1.807, 2.05) is 35.2 Å². The van der Waals surface area contributed by atoms with E-state index < -0.39 is 5.97 Å². The predicted molar refractivity (Wildman–Crippen MR) is 255 cm³/mol. The van der Waals surface area contributed by atoms with Gasteiger partial charge in [0.05, 0.1) is 30.1 Å². The lowest BCUT2D eigenvalue weighted by atomic mass is 9.89.